The van der Waals surface area contributed by atoms with Crippen molar-refractivity contribution in [3.63, 3.8) is 0 Å². The van der Waals surface area contributed by atoms with E-state index >= 15 is 0 Å². The molecule has 74 valence electrons. The largest absolute Gasteiger partial charge is 0.709 e. The van der Waals surface area contributed by atoms with Gasteiger partial charge in [-0.15, -0.1) is 0 Å². The molecule has 0 rings (SSSR count). The van der Waals surface area contributed by atoms with E-state index in [1.807, 2.05) is 6.92 Å². The molecule has 4 nitrogen and oxygen atoms in total. The fourth-order valence-electron chi connectivity index (χ4n) is 0.696. The first kappa shape index (κ1) is 14.5. The fourth-order valence-corrected chi connectivity index (χ4v) is 0.696. The smallest absolute Gasteiger partial charge is 0.485 e. The van der Waals surface area contributed by atoms with E-state index in [2.05, 4.69) is 4.65 Å². The molecule has 0 aliphatic rings. The molecule has 0 aliphatic heterocycles. The van der Waals surface area contributed by atoms with Crippen LogP contribution in [0.4, 0.5) is 0 Å². The van der Waals surface area contributed by atoms with E-state index in [9.17, 15) is 4.79 Å². The van der Waals surface area contributed by atoms with E-state index in [0.717, 1.165) is 19.3 Å². The first-order chi connectivity index (χ1) is 5.16. The summed E-state index contributed by atoms with van der Waals surface area (Å²) >= 11 is 0. The Kier molecular flexibility index (Phi) is 10.9. The molecule has 6 heteroatoms. The average Bonchev–Trinajstić information content (AvgIpc) is 1.86. The molecule has 0 aromatic heterocycles. The van der Waals surface area contributed by atoms with Crippen molar-refractivity contribution < 1.29 is 36.0 Å². The maximum absolute atomic E-state index is 10.6. The topological polar surface area (TPSA) is 66.8 Å². The van der Waals surface area contributed by atoms with Crippen LogP contribution in [0, 0.1) is 0 Å². The predicted octanol–water partition coefficient (Wildman–Crippen LogP) is 0.0769. The molecular formula is C6H13BNiO4. The van der Waals surface area contributed by atoms with Crippen molar-refractivity contribution in [2.24, 2.45) is 0 Å². The molecule has 0 aromatic carbocycles. The second kappa shape index (κ2) is 9.04. The Morgan fingerprint density at radius 1 is 1.42 bits per heavy atom. The van der Waals surface area contributed by atoms with E-state index in [-0.39, 0.29) is 22.9 Å². The minimum atomic E-state index is -1.97. The Labute approximate surface area is 82.4 Å². The zero-order valence-electron chi connectivity index (χ0n) is 6.93. The summed E-state index contributed by atoms with van der Waals surface area (Å²) < 4.78 is 4.07. The van der Waals surface area contributed by atoms with Gasteiger partial charge >= 0.3 is 7.32 Å². The minimum absolute atomic E-state index is 0. The number of carbonyl (C=O) groups excluding carboxylic acids is 1. The van der Waals surface area contributed by atoms with E-state index in [1.165, 1.54) is 0 Å². The van der Waals surface area contributed by atoms with Gasteiger partial charge in [-0.2, -0.15) is 0 Å². The van der Waals surface area contributed by atoms with Crippen LogP contribution in [0.1, 0.15) is 32.6 Å². The summed E-state index contributed by atoms with van der Waals surface area (Å²) in [6.07, 6.45) is 2.97. The van der Waals surface area contributed by atoms with E-state index in [1.54, 1.807) is 0 Å². The molecule has 0 aliphatic carbocycles. The van der Waals surface area contributed by atoms with Crippen LogP contribution in [0.3, 0.4) is 0 Å². The third-order valence-corrected chi connectivity index (χ3v) is 1.22. The van der Waals surface area contributed by atoms with Crippen LogP contribution in [-0.4, -0.2) is 23.3 Å². The molecule has 0 aromatic rings. The van der Waals surface area contributed by atoms with Gasteiger partial charge in [0.15, 0.2) is 0 Å². The monoisotopic (exact) mass is 218 g/mol. The van der Waals surface area contributed by atoms with Crippen molar-refractivity contribution in [2.75, 3.05) is 0 Å². The summed E-state index contributed by atoms with van der Waals surface area (Å²) in [4.78, 5) is 10.6. The quantitative estimate of drug-likeness (QED) is 0.507. The normalized spacial score (nSPS) is 8.58. The molecule has 0 bridgehead atoms. The Morgan fingerprint density at radius 2 is 2.00 bits per heavy atom. The van der Waals surface area contributed by atoms with Crippen LogP contribution in [0.5, 0.6) is 0 Å². The van der Waals surface area contributed by atoms with Crippen LogP contribution < -0.4 is 0 Å². The van der Waals surface area contributed by atoms with Crippen LogP contribution in [0.15, 0.2) is 0 Å². The fraction of sp³-hybridized carbons (Fsp3) is 0.833. The zero-order chi connectivity index (χ0) is 8.69. The molecule has 0 fully saturated rings. The van der Waals surface area contributed by atoms with Gasteiger partial charge in [-0.3, -0.25) is 4.79 Å². The average molecular weight is 219 g/mol. The van der Waals surface area contributed by atoms with E-state index < -0.39 is 13.3 Å². The SMILES string of the molecule is CCCCCC(=O)OB(O)O.[Ni]. The van der Waals surface area contributed by atoms with Gasteiger partial charge in [-0.1, -0.05) is 19.8 Å². The first-order valence-electron chi connectivity index (χ1n) is 3.72. The number of rotatable bonds is 5. The summed E-state index contributed by atoms with van der Waals surface area (Å²) in [6.45, 7) is 2.02. The third kappa shape index (κ3) is 9.95. The second-order valence-corrected chi connectivity index (χ2v) is 2.27. The molecule has 0 amide bonds. The van der Waals surface area contributed by atoms with Gasteiger partial charge in [0.25, 0.3) is 5.97 Å². The van der Waals surface area contributed by atoms with Crippen LogP contribution in [0.25, 0.3) is 0 Å². The summed E-state index contributed by atoms with van der Waals surface area (Å²) in [5.74, 6) is -0.562. The van der Waals surface area contributed by atoms with Gasteiger partial charge in [0.05, 0.1) is 0 Å². The van der Waals surface area contributed by atoms with Crippen molar-refractivity contribution in [1.29, 1.82) is 0 Å². The van der Waals surface area contributed by atoms with Gasteiger partial charge in [-0.25, -0.2) is 0 Å². The Balaban J connectivity index is 0. The molecule has 0 saturated carbocycles. The first-order valence-corrected chi connectivity index (χ1v) is 3.72. The Morgan fingerprint density at radius 3 is 2.42 bits per heavy atom. The van der Waals surface area contributed by atoms with E-state index in [0.29, 0.717) is 0 Å². The van der Waals surface area contributed by atoms with Crippen LogP contribution in [-0.2, 0) is 25.9 Å². The standard InChI is InChI=1S/C6H13BO4.Ni/c1-2-3-4-5-6(8)11-7(9)10;/h9-10H,2-5H2,1H3;. The molecule has 12 heavy (non-hydrogen) atoms. The predicted molar refractivity (Wildman–Crippen MR) is 40.4 cm³/mol. The summed E-state index contributed by atoms with van der Waals surface area (Å²) in [6, 6.07) is 0. The maximum Gasteiger partial charge on any atom is 0.709 e. The molecule has 0 spiro atoms. The van der Waals surface area contributed by atoms with Crippen molar-refractivity contribution in [3.05, 3.63) is 0 Å². The molecule has 0 atom stereocenters. The van der Waals surface area contributed by atoms with Crippen LogP contribution >= 0.6 is 0 Å². The number of unbranched alkanes of at least 4 members (excludes halogenated alkanes) is 2. The molecule has 0 radical (unpaired) electrons. The van der Waals surface area contributed by atoms with Crippen LogP contribution in [0.2, 0.25) is 0 Å². The second-order valence-electron chi connectivity index (χ2n) is 2.27. The summed E-state index contributed by atoms with van der Waals surface area (Å²) in [5, 5.41) is 16.4. The number of hydrogen-bond acceptors (Lipinski definition) is 4. The van der Waals surface area contributed by atoms with Crippen molar-refractivity contribution in [3.8, 4) is 0 Å². The van der Waals surface area contributed by atoms with Gasteiger partial charge < -0.3 is 14.7 Å². The number of hydrogen-bond donors (Lipinski definition) is 2. The molecule has 0 saturated heterocycles. The zero-order valence-corrected chi connectivity index (χ0v) is 7.92. The molecular weight excluding hydrogens is 206 g/mol. The van der Waals surface area contributed by atoms with Gasteiger partial charge in [-0.05, 0) is 6.42 Å². The molecule has 0 unspecified atom stereocenters. The van der Waals surface area contributed by atoms with Gasteiger partial charge in [0, 0.05) is 22.9 Å². The molecule has 2 N–H and O–H groups in total. The van der Waals surface area contributed by atoms with Crippen molar-refractivity contribution in [2.45, 2.75) is 32.6 Å². The van der Waals surface area contributed by atoms with Crippen molar-refractivity contribution in [1.82, 2.24) is 0 Å². The van der Waals surface area contributed by atoms with Gasteiger partial charge in [0.2, 0.25) is 0 Å². The Bertz CT molecular complexity index is 120. The van der Waals surface area contributed by atoms with Crippen molar-refractivity contribution >= 4 is 13.3 Å². The minimum Gasteiger partial charge on any atom is -0.485 e. The Hall–Kier alpha value is -0.0516. The number of carbonyl (C=O) groups is 1. The maximum atomic E-state index is 10.6. The third-order valence-electron chi connectivity index (χ3n) is 1.22. The molecule has 0 heterocycles. The summed E-state index contributed by atoms with van der Waals surface area (Å²) in [7, 11) is -1.97. The summed E-state index contributed by atoms with van der Waals surface area (Å²) in [5.41, 5.74) is 0. The van der Waals surface area contributed by atoms with E-state index in [4.69, 9.17) is 10.0 Å². The van der Waals surface area contributed by atoms with Gasteiger partial charge in [0.1, 0.15) is 0 Å².